The smallest absolute Gasteiger partial charge is 0.243 e. The molecule has 1 heterocycles. The van der Waals surface area contributed by atoms with Crippen molar-refractivity contribution < 1.29 is 19.1 Å². The van der Waals surface area contributed by atoms with E-state index in [9.17, 15) is 9.59 Å². The zero-order chi connectivity index (χ0) is 19.9. The summed E-state index contributed by atoms with van der Waals surface area (Å²) in [6, 6.07) is 12.2. The van der Waals surface area contributed by atoms with Crippen LogP contribution in [0, 0.1) is 0 Å². The van der Waals surface area contributed by atoms with Crippen LogP contribution in [0.3, 0.4) is 0 Å². The Balaban J connectivity index is 1.46. The first-order valence-corrected chi connectivity index (χ1v) is 9.66. The molecule has 6 nitrogen and oxygen atoms in total. The first-order valence-electron chi connectivity index (χ1n) is 8.90. The molecule has 1 aliphatic heterocycles. The van der Waals surface area contributed by atoms with Crippen LogP contribution >= 0.6 is 23.2 Å². The number of nitrogens with one attached hydrogen (secondary N) is 1. The number of benzene rings is 2. The molecular weight excluding hydrogens is 403 g/mol. The summed E-state index contributed by atoms with van der Waals surface area (Å²) in [5, 5.41) is 3.66. The number of hydrogen-bond donors (Lipinski definition) is 1. The van der Waals surface area contributed by atoms with E-state index in [-0.39, 0.29) is 31.6 Å². The molecule has 0 bridgehead atoms. The summed E-state index contributed by atoms with van der Waals surface area (Å²) < 4.78 is 11.2. The van der Waals surface area contributed by atoms with Gasteiger partial charge < -0.3 is 19.7 Å². The van der Waals surface area contributed by atoms with Crippen molar-refractivity contribution in [2.24, 2.45) is 0 Å². The van der Waals surface area contributed by atoms with E-state index >= 15 is 0 Å². The summed E-state index contributed by atoms with van der Waals surface area (Å²) in [5.41, 5.74) is 0.601. The number of hydrogen-bond acceptors (Lipinski definition) is 4. The van der Waals surface area contributed by atoms with Gasteiger partial charge in [-0.1, -0.05) is 35.3 Å². The molecule has 3 rings (SSSR count). The molecule has 1 fully saturated rings. The maximum Gasteiger partial charge on any atom is 0.243 e. The predicted molar refractivity (Wildman–Crippen MR) is 108 cm³/mol. The van der Waals surface area contributed by atoms with Crippen LogP contribution in [0.15, 0.2) is 42.5 Å². The van der Waals surface area contributed by atoms with Gasteiger partial charge in [0.2, 0.25) is 11.8 Å². The van der Waals surface area contributed by atoms with E-state index in [0.717, 1.165) is 6.42 Å². The second-order valence-corrected chi connectivity index (χ2v) is 7.06. The van der Waals surface area contributed by atoms with Crippen molar-refractivity contribution in [3.05, 3.63) is 52.5 Å². The Kier molecular flexibility index (Phi) is 7.01. The van der Waals surface area contributed by atoms with Gasteiger partial charge in [-0.3, -0.25) is 9.59 Å². The Morgan fingerprint density at radius 3 is 2.50 bits per heavy atom. The molecule has 28 heavy (non-hydrogen) atoms. The minimum absolute atomic E-state index is 0.0193. The lowest BCUT2D eigenvalue weighted by Gasteiger charge is -2.15. The summed E-state index contributed by atoms with van der Waals surface area (Å²) in [6.07, 6.45) is 1.31. The minimum Gasteiger partial charge on any atom is -0.490 e. The Labute approximate surface area is 173 Å². The van der Waals surface area contributed by atoms with Crippen LogP contribution in [0.5, 0.6) is 11.5 Å². The van der Waals surface area contributed by atoms with Crippen molar-refractivity contribution in [3.8, 4) is 11.5 Å². The van der Waals surface area contributed by atoms with Crippen molar-refractivity contribution in [1.29, 1.82) is 0 Å². The average molecular weight is 423 g/mol. The molecule has 0 atom stereocenters. The number of halogens is 2. The highest BCUT2D eigenvalue weighted by molar-refractivity contribution is 6.37. The Morgan fingerprint density at radius 1 is 1.07 bits per heavy atom. The minimum atomic E-state index is -0.232. The van der Waals surface area contributed by atoms with E-state index in [0.29, 0.717) is 40.2 Å². The molecule has 0 saturated carbocycles. The highest BCUT2D eigenvalue weighted by Gasteiger charge is 2.22. The summed E-state index contributed by atoms with van der Waals surface area (Å²) in [4.78, 5) is 25.3. The number of carbonyl (C=O) groups is 2. The van der Waals surface area contributed by atoms with Crippen molar-refractivity contribution >= 4 is 40.7 Å². The molecule has 0 aromatic heterocycles. The third kappa shape index (κ3) is 5.53. The van der Waals surface area contributed by atoms with E-state index in [4.69, 9.17) is 32.7 Å². The van der Waals surface area contributed by atoms with E-state index in [1.165, 1.54) is 0 Å². The largest absolute Gasteiger partial charge is 0.490 e. The van der Waals surface area contributed by atoms with Crippen LogP contribution in [0.25, 0.3) is 0 Å². The van der Waals surface area contributed by atoms with Gasteiger partial charge in [-0.25, -0.2) is 0 Å². The van der Waals surface area contributed by atoms with Gasteiger partial charge in [0, 0.05) is 24.7 Å². The van der Waals surface area contributed by atoms with Gasteiger partial charge in [0.1, 0.15) is 19.0 Å². The van der Waals surface area contributed by atoms with Crippen LogP contribution in [0.1, 0.15) is 12.8 Å². The zero-order valence-electron chi connectivity index (χ0n) is 15.1. The van der Waals surface area contributed by atoms with Crippen LogP contribution in [0.2, 0.25) is 10.0 Å². The first-order chi connectivity index (χ1) is 13.5. The van der Waals surface area contributed by atoms with Crippen LogP contribution < -0.4 is 14.8 Å². The molecule has 2 amide bonds. The molecule has 1 N–H and O–H groups in total. The highest BCUT2D eigenvalue weighted by atomic mass is 35.5. The quantitative estimate of drug-likeness (QED) is 0.652. The fraction of sp³-hybridized carbons (Fsp3) is 0.300. The molecule has 8 heteroatoms. The van der Waals surface area contributed by atoms with Gasteiger partial charge in [-0.2, -0.15) is 0 Å². The summed E-state index contributed by atoms with van der Waals surface area (Å²) in [5.74, 6) is 0.797. The average Bonchev–Trinajstić information content (AvgIpc) is 3.05. The molecule has 0 radical (unpaired) electrons. The standard InChI is InChI=1S/C20H20Cl2N2O4/c21-16-6-2-7-17(22)20(16)28-11-10-27-15-5-1-4-14(12-15)23-18(25)13-24-9-3-8-19(24)26/h1-2,4-7,12H,3,8-11,13H2,(H,23,25). The second-order valence-electron chi connectivity index (χ2n) is 6.24. The molecule has 0 unspecified atom stereocenters. The van der Waals surface area contributed by atoms with Gasteiger partial charge in [0.15, 0.2) is 5.75 Å². The zero-order valence-corrected chi connectivity index (χ0v) is 16.6. The van der Waals surface area contributed by atoms with E-state index in [2.05, 4.69) is 5.32 Å². The Hall–Kier alpha value is -2.44. The second kappa shape index (κ2) is 9.66. The van der Waals surface area contributed by atoms with Crippen molar-refractivity contribution in [1.82, 2.24) is 4.90 Å². The number of likely N-dealkylation sites (tertiary alicyclic amines) is 1. The van der Waals surface area contributed by atoms with Gasteiger partial charge in [-0.15, -0.1) is 0 Å². The number of carbonyl (C=O) groups excluding carboxylic acids is 2. The van der Waals surface area contributed by atoms with Crippen LogP contribution in [-0.4, -0.2) is 43.0 Å². The van der Waals surface area contributed by atoms with Crippen LogP contribution in [-0.2, 0) is 9.59 Å². The Morgan fingerprint density at radius 2 is 1.79 bits per heavy atom. The van der Waals surface area contributed by atoms with Gasteiger partial charge in [-0.05, 0) is 30.7 Å². The SMILES string of the molecule is O=C(CN1CCCC1=O)Nc1cccc(OCCOc2c(Cl)cccc2Cl)c1. The van der Waals surface area contributed by atoms with E-state index < -0.39 is 0 Å². The van der Waals surface area contributed by atoms with Crippen molar-refractivity contribution in [2.75, 3.05) is 31.6 Å². The number of nitrogens with zero attached hydrogens (tertiary/aromatic N) is 1. The molecule has 1 aliphatic rings. The third-order valence-electron chi connectivity index (χ3n) is 4.14. The number of amides is 2. The lowest BCUT2D eigenvalue weighted by Crippen LogP contribution is -2.33. The summed E-state index contributed by atoms with van der Waals surface area (Å²) >= 11 is 12.1. The van der Waals surface area contributed by atoms with Crippen molar-refractivity contribution in [2.45, 2.75) is 12.8 Å². The fourth-order valence-electron chi connectivity index (χ4n) is 2.83. The highest BCUT2D eigenvalue weighted by Crippen LogP contribution is 2.32. The number of ether oxygens (including phenoxy) is 2. The topological polar surface area (TPSA) is 67.9 Å². The van der Waals surface area contributed by atoms with Gasteiger partial charge >= 0.3 is 0 Å². The maximum absolute atomic E-state index is 12.1. The Bertz CT molecular complexity index is 840. The first kappa shape index (κ1) is 20.3. The molecule has 2 aromatic rings. The molecule has 1 saturated heterocycles. The molecule has 0 aliphatic carbocycles. The van der Waals surface area contributed by atoms with E-state index in [1.54, 1.807) is 47.4 Å². The molecule has 0 spiro atoms. The van der Waals surface area contributed by atoms with Gasteiger partial charge in [0.25, 0.3) is 0 Å². The fourth-order valence-corrected chi connectivity index (χ4v) is 3.34. The van der Waals surface area contributed by atoms with Crippen molar-refractivity contribution in [3.63, 3.8) is 0 Å². The monoisotopic (exact) mass is 422 g/mol. The molecule has 148 valence electrons. The number of para-hydroxylation sites is 1. The normalized spacial score (nSPS) is 13.5. The number of anilines is 1. The third-order valence-corrected chi connectivity index (χ3v) is 4.74. The lowest BCUT2D eigenvalue weighted by atomic mass is 10.3. The summed E-state index contributed by atoms with van der Waals surface area (Å²) in [6.45, 7) is 1.24. The van der Waals surface area contributed by atoms with Crippen LogP contribution in [0.4, 0.5) is 5.69 Å². The maximum atomic E-state index is 12.1. The van der Waals surface area contributed by atoms with E-state index in [1.807, 2.05) is 0 Å². The molecule has 2 aromatic carbocycles. The number of rotatable bonds is 8. The lowest BCUT2D eigenvalue weighted by molar-refractivity contribution is -0.131. The van der Waals surface area contributed by atoms with Gasteiger partial charge in [0.05, 0.1) is 16.6 Å². The summed E-state index contributed by atoms with van der Waals surface area (Å²) in [7, 11) is 0. The molecular formula is C20H20Cl2N2O4. The predicted octanol–water partition coefficient (Wildman–Crippen LogP) is 4.01.